The second-order valence-electron chi connectivity index (χ2n) is 9.25. The number of anilines is 3. The van der Waals surface area contributed by atoms with E-state index < -0.39 is 11.7 Å². The number of fused-ring (bicyclic) bond motifs is 1. The predicted molar refractivity (Wildman–Crippen MR) is 134 cm³/mol. The molecule has 5 rings (SSSR count). The molecule has 190 valence electrons. The van der Waals surface area contributed by atoms with Crippen molar-refractivity contribution in [1.82, 2.24) is 30.2 Å². The summed E-state index contributed by atoms with van der Waals surface area (Å²) in [5.74, 6) is -0.525. The number of nitrogens with one attached hydrogen (secondary N) is 5. The molecule has 3 aromatic rings. The van der Waals surface area contributed by atoms with E-state index >= 15 is 0 Å². The van der Waals surface area contributed by atoms with Crippen molar-refractivity contribution < 1.29 is 14.0 Å². The highest BCUT2D eigenvalue weighted by molar-refractivity contribution is 6.03. The summed E-state index contributed by atoms with van der Waals surface area (Å²) in [6, 6.07) is 3.89. The fraction of sp³-hybridized carbons (Fsp3) is 0.458. The summed E-state index contributed by atoms with van der Waals surface area (Å²) in [4.78, 5) is 32.9. The number of pyridine rings is 1. The quantitative estimate of drug-likeness (QED) is 0.324. The van der Waals surface area contributed by atoms with Crippen LogP contribution in [-0.2, 0) is 0 Å². The Morgan fingerprint density at radius 1 is 1.03 bits per heavy atom. The molecule has 0 unspecified atom stereocenters. The maximum Gasteiger partial charge on any atom is 0.314 e. The fourth-order valence-corrected chi connectivity index (χ4v) is 4.40. The number of carbonyl (C=O) groups is 2. The number of carbonyl (C=O) groups excluding carboxylic acids is 2. The second-order valence-corrected chi connectivity index (χ2v) is 9.25. The van der Waals surface area contributed by atoms with Gasteiger partial charge >= 0.3 is 6.03 Å². The molecule has 0 atom stereocenters. The van der Waals surface area contributed by atoms with Gasteiger partial charge in [0.05, 0.1) is 23.8 Å². The molecule has 11 nitrogen and oxygen atoms in total. The van der Waals surface area contributed by atoms with E-state index in [9.17, 15) is 14.0 Å². The first kappa shape index (κ1) is 23.8. The zero-order valence-corrected chi connectivity index (χ0v) is 20.1. The molecule has 2 saturated carbocycles. The number of amides is 3. The third-order valence-electron chi connectivity index (χ3n) is 6.41. The Labute approximate surface area is 207 Å². The minimum atomic E-state index is -0.622. The highest BCUT2D eigenvalue weighted by Gasteiger charge is 2.26. The molecular formula is C24H30FN9O2. The van der Waals surface area contributed by atoms with Crippen LogP contribution in [0.5, 0.6) is 0 Å². The number of hydrogen-bond acceptors (Lipinski definition) is 7. The standard InChI is InChI=1S/C24H30FN9O2/c1-2-27-24(36)31-16-7-5-15(6-8-16)30-21-11-19(29-14-3-4-14)22-28-13-20(34(22)33-21)23(35)32-18-9-10-26-12-17(18)25/h9-16,29H,2-8H2,1H3,(H,30,33)(H,26,32,35)(H2,27,31,36). The normalized spacial score (nSPS) is 19.5. The van der Waals surface area contributed by atoms with Gasteiger partial charge in [-0.3, -0.25) is 9.78 Å². The molecule has 0 aliphatic heterocycles. The Kier molecular flexibility index (Phi) is 6.83. The van der Waals surface area contributed by atoms with Gasteiger partial charge in [-0.15, -0.1) is 5.10 Å². The highest BCUT2D eigenvalue weighted by atomic mass is 19.1. The zero-order chi connectivity index (χ0) is 25.1. The van der Waals surface area contributed by atoms with Crippen LogP contribution < -0.4 is 26.6 Å². The molecule has 0 radical (unpaired) electrons. The highest BCUT2D eigenvalue weighted by Crippen LogP contribution is 2.30. The Bertz CT molecular complexity index is 1250. The van der Waals surface area contributed by atoms with E-state index in [0.717, 1.165) is 50.4 Å². The predicted octanol–water partition coefficient (Wildman–Crippen LogP) is 3.13. The van der Waals surface area contributed by atoms with Gasteiger partial charge in [0, 0.05) is 36.9 Å². The third-order valence-corrected chi connectivity index (χ3v) is 6.41. The molecule has 3 amide bonds. The number of imidazole rings is 1. The van der Waals surface area contributed by atoms with Crippen LogP contribution in [0.3, 0.4) is 0 Å². The number of urea groups is 1. The van der Waals surface area contributed by atoms with Gasteiger partial charge in [0.15, 0.2) is 17.2 Å². The summed E-state index contributed by atoms with van der Waals surface area (Å²) in [6.07, 6.45) is 9.53. The minimum Gasteiger partial charge on any atom is -0.379 e. The summed E-state index contributed by atoms with van der Waals surface area (Å²) in [6.45, 7) is 2.49. The first-order chi connectivity index (χ1) is 17.5. The van der Waals surface area contributed by atoms with E-state index in [1.165, 1.54) is 23.0 Å². The van der Waals surface area contributed by atoms with E-state index in [1.807, 2.05) is 13.0 Å². The van der Waals surface area contributed by atoms with Crippen LogP contribution in [0.15, 0.2) is 30.7 Å². The molecule has 12 heteroatoms. The molecule has 3 aromatic heterocycles. The molecule has 2 fully saturated rings. The van der Waals surface area contributed by atoms with Gasteiger partial charge < -0.3 is 26.6 Å². The molecule has 36 heavy (non-hydrogen) atoms. The number of rotatable bonds is 8. The summed E-state index contributed by atoms with van der Waals surface area (Å²) in [5, 5.41) is 20.0. The van der Waals surface area contributed by atoms with Gasteiger partial charge in [-0.2, -0.15) is 0 Å². The third kappa shape index (κ3) is 5.47. The molecular weight excluding hydrogens is 465 g/mol. The average molecular weight is 496 g/mol. The van der Waals surface area contributed by atoms with E-state index in [2.05, 4.69) is 41.7 Å². The van der Waals surface area contributed by atoms with Crippen molar-refractivity contribution >= 4 is 34.8 Å². The number of halogens is 1. The van der Waals surface area contributed by atoms with Crippen molar-refractivity contribution in [3.63, 3.8) is 0 Å². The molecule has 5 N–H and O–H groups in total. The zero-order valence-electron chi connectivity index (χ0n) is 20.1. The van der Waals surface area contributed by atoms with Crippen molar-refractivity contribution in [2.75, 3.05) is 22.5 Å². The molecule has 0 aromatic carbocycles. The summed E-state index contributed by atoms with van der Waals surface area (Å²) >= 11 is 0. The SMILES string of the molecule is CCNC(=O)NC1CCC(Nc2cc(NC3CC3)c3ncc(C(=O)Nc4ccncc4F)n3n2)CC1. The van der Waals surface area contributed by atoms with Crippen LogP contribution >= 0.6 is 0 Å². The summed E-state index contributed by atoms with van der Waals surface area (Å²) in [5.41, 5.74) is 1.55. The maximum atomic E-state index is 14.0. The van der Waals surface area contributed by atoms with Crippen LogP contribution in [0.1, 0.15) is 55.9 Å². The Morgan fingerprint density at radius 3 is 2.47 bits per heavy atom. The molecule has 0 bridgehead atoms. The molecule has 3 heterocycles. The fourth-order valence-electron chi connectivity index (χ4n) is 4.40. The van der Waals surface area contributed by atoms with Gasteiger partial charge in [0.2, 0.25) is 0 Å². The topological polar surface area (TPSA) is 137 Å². The van der Waals surface area contributed by atoms with Crippen LogP contribution in [0.25, 0.3) is 5.65 Å². The number of nitrogens with zero attached hydrogens (tertiary/aromatic N) is 4. The molecule has 0 saturated heterocycles. The van der Waals surface area contributed by atoms with Crippen LogP contribution in [0.4, 0.5) is 26.4 Å². The smallest absolute Gasteiger partial charge is 0.314 e. The molecule has 2 aliphatic carbocycles. The lowest BCUT2D eigenvalue weighted by molar-refractivity contribution is 0.102. The Morgan fingerprint density at radius 2 is 1.75 bits per heavy atom. The van der Waals surface area contributed by atoms with Crippen molar-refractivity contribution in [1.29, 1.82) is 0 Å². The van der Waals surface area contributed by atoms with E-state index in [-0.39, 0.29) is 29.5 Å². The average Bonchev–Trinajstić information content (AvgIpc) is 3.57. The first-order valence-electron chi connectivity index (χ1n) is 12.4. The van der Waals surface area contributed by atoms with Crippen molar-refractivity contribution in [2.45, 2.75) is 63.6 Å². The van der Waals surface area contributed by atoms with E-state index in [1.54, 1.807) is 0 Å². The van der Waals surface area contributed by atoms with Gasteiger partial charge in [0.25, 0.3) is 5.91 Å². The van der Waals surface area contributed by atoms with Gasteiger partial charge in [-0.1, -0.05) is 0 Å². The number of hydrogen-bond donors (Lipinski definition) is 5. The maximum absolute atomic E-state index is 14.0. The monoisotopic (exact) mass is 495 g/mol. The van der Waals surface area contributed by atoms with Crippen molar-refractivity contribution in [3.8, 4) is 0 Å². The molecule has 0 spiro atoms. The first-order valence-corrected chi connectivity index (χ1v) is 12.4. The van der Waals surface area contributed by atoms with Crippen LogP contribution in [-0.4, -0.2) is 56.2 Å². The largest absolute Gasteiger partial charge is 0.379 e. The lowest BCUT2D eigenvalue weighted by Crippen LogP contribution is -2.44. The minimum absolute atomic E-state index is 0.0357. The van der Waals surface area contributed by atoms with Crippen LogP contribution in [0.2, 0.25) is 0 Å². The summed E-state index contributed by atoms with van der Waals surface area (Å²) < 4.78 is 15.5. The van der Waals surface area contributed by atoms with E-state index in [4.69, 9.17) is 0 Å². The Balaban J connectivity index is 1.33. The number of aromatic nitrogens is 4. The van der Waals surface area contributed by atoms with Gasteiger partial charge in [-0.05, 0) is 51.5 Å². The second kappa shape index (κ2) is 10.3. The lowest BCUT2D eigenvalue weighted by atomic mass is 9.91. The Hall–Kier alpha value is -3.96. The van der Waals surface area contributed by atoms with Crippen LogP contribution in [0, 0.1) is 5.82 Å². The van der Waals surface area contributed by atoms with E-state index in [0.29, 0.717) is 24.1 Å². The van der Waals surface area contributed by atoms with Crippen molar-refractivity contribution in [2.24, 2.45) is 0 Å². The summed E-state index contributed by atoms with van der Waals surface area (Å²) in [7, 11) is 0. The van der Waals surface area contributed by atoms with Gasteiger partial charge in [-0.25, -0.2) is 18.7 Å². The molecule has 2 aliphatic rings. The lowest BCUT2D eigenvalue weighted by Gasteiger charge is -2.30. The van der Waals surface area contributed by atoms with Gasteiger partial charge in [0.1, 0.15) is 5.82 Å². The van der Waals surface area contributed by atoms with Crippen molar-refractivity contribution in [3.05, 3.63) is 42.2 Å².